The Morgan fingerprint density at radius 1 is 1.33 bits per heavy atom. The first kappa shape index (κ1) is 15.3. The molecule has 0 spiro atoms. The van der Waals surface area contributed by atoms with Crippen molar-refractivity contribution in [3.63, 3.8) is 0 Å². The lowest BCUT2D eigenvalue weighted by molar-refractivity contribution is -0.117. The van der Waals surface area contributed by atoms with Gasteiger partial charge in [-0.1, -0.05) is 25.0 Å². The Bertz CT molecular complexity index is 685. The van der Waals surface area contributed by atoms with Crippen LogP contribution >= 0.6 is 0 Å². The Hall–Kier alpha value is -2.21. The van der Waals surface area contributed by atoms with Crippen LogP contribution in [0.3, 0.4) is 0 Å². The molecule has 1 aliphatic carbocycles. The van der Waals surface area contributed by atoms with Crippen molar-refractivity contribution in [2.24, 2.45) is 5.92 Å². The highest BCUT2D eigenvalue weighted by Gasteiger charge is 2.38. The highest BCUT2D eigenvalue weighted by Crippen LogP contribution is 2.33. The van der Waals surface area contributed by atoms with Crippen molar-refractivity contribution in [2.75, 3.05) is 5.32 Å². The van der Waals surface area contributed by atoms with Gasteiger partial charge in [0.15, 0.2) is 0 Å². The van der Waals surface area contributed by atoms with Crippen LogP contribution in [0.4, 0.5) is 5.69 Å². The van der Waals surface area contributed by atoms with E-state index in [1.807, 2.05) is 24.3 Å². The molecule has 2 heterocycles. The van der Waals surface area contributed by atoms with Crippen molar-refractivity contribution in [1.29, 1.82) is 0 Å². The van der Waals surface area contributed by atoms with Crippen LogP contribution in [-0.2, 0) is 11.3 Å². The molecule has 4 rings (SSSR count). The summed E-state index contributed by atoms with van der Waals surface area (Å²) in [4.78, 5) is 16.5. The van der Waals surface area contributed by atoms with Gasteiger partial charge in [0, 0.05) is 11.7 Å². The fourth-order valence-corrected chi connectivity index (χ4v) is 4.00. The maximum atomic E-state index is 12.6. The number of amides is 1. The van der Waals surface area contributed by atoms with Gasteiger partial charge >= 0.3 is 0 Å². The number of hydrogen-bond acceptors (Lipinski definition) is 4. The van der Waals surface area contributed by atoms with Gasteiger partial charge in [-0.25, -0.2) is 9.67 Å². The third-order valence-corrected chi connectivity index (χ3v) is 5.18. The molecule has 24 heavy (non-hydrogen) atoms. The van der Waals surface area contributed by atoms with Crippen molar-refractivity contribution in [1.82, 2.24) is 20.1 Å². The lowest BCUT2D eigenvalue weighted by Crippen LogP contribution is -2.39. The first-order valence-electron chi connectivity index (χ1n) is 8.76. The number of aromatic nitrogens is 3. The molecule has 126 valence electrons. The van der Waals surface area contributed by atoms with Crippen molar-refractivity contribution in [3.8, 4) is 0 Å². The fraction of sp³-hybridized carbons (Fsp3) is 0.500. The number of nitrogens with zero attached hydrogens (tertiary/aromatic N) is 3. The van der Waals surface area contributed by atoms with Gasteiger partial charge < -0.3 is 10.6 Å². The van der Waals surface area contributed by atoms with Gasteiger partial charge in [0.1, 0.15) is 12.7 Å². The summed E-state index contributed by atoms with van der Waals surface area (Å²) in [5.74, 6) is 0.760. The molecule has 1 aliphatic heterocycles. The van der Waals surface area contributed by atoms with Crippen LogP contribution in [0.15, 0.2) is 36.9 Å². The Kier molecular flexibility index (Phi) is 4.30. The first-order chi connectivity index (χ1) is 11.8. The Balaban J connectivity index is 1.39. The van der Waals surface area contributed by atoms with Gasteiger partial charge in [0.05, 0.1) is 12.6 Å². The zero-order valence-corrected chi connectivity index (χ0v) is 13.7. The van der Waals surface area contributed by atoms with E-state index < -0.39 is 0 Å². The highest BCUT2D eigenvalue weighted by atomic mass is 16.2. The highest BCUT2D eigenvalue weighted by molar-refractivity contribution is 5.95. The summed E-state index contributed by atoms with van der Waals surface area (Å²) in [6.45, 7) is 0.648. The van der Waals surface area contributed by atoms with E-state index in [1.54, 1.807) is 11.0 Å². The lowest BCUT2D eigenvalue weighted by Gasteiger charge is -2.24. The van der Waals surface area contributed by atoms with Gasteiger partial charge in [0.2, 0.25) is 5.91 Å². The van der Waals surface area contributed by atoms with Crippen molar-refractivity contribution >= 4 is 11.6 Å². The monoisotopic (exact) mass is 325 g/mol. The van der Waals surface area contributed by atoms with E-state index in [0.717, 1.165) is 17.7 Å². The summed E-state index contributed by atoms with van der Waals surface area (Å²) in [6, 6.07) is 8.40. The lowest BCUT2D eigenvalue weighted by atomic mass is 9.85. The number of hydrogen-bond donors (Lipinski definition) is 2. The zero-order valence-electron chi connectivity index (χ0n) is 13.7. The minimum atomic E-state index is -0.0583. The third-order valence-electron chi connectivity index (χ3n) is 5.18. The molecule has 2 aliphatic rings. The molecule has 1 aromatic heterocycles. The minimum Gasteiger partial charge on any atom is -0.325 e. The summed E-state index contributed by atoms with van der Waals surface area (Å²) in [6.07, 6.45) is 9.24. The molecule has 6 nitrogen and oxygen atoms in total. The quantitative estimate of drug-likeness (QED) is 0.904. The average Bonchev–Trinajstić information content (AvgIpc) is 3.24. The molecule has 2 aromatic rings. The average molecular weight is 325 g/mol. The Morgan fingerprint density at radius 2 is 2.25 bits per heavy atom. The fourth-order valence-electron chi connectivity index (χ4n) is 4.00. The van der Waals surface area contributed by atoms with E-state index in [0.29, 0.717) is 18.5 Å². The number of carbonyl (C=O) groups is 1. The van der Waals surface area contributed by atoms with Gasteiger partial charge in [-0.15, -0.1) is 0 Å². The normalized spacial score (nSPS) is 26.1. The number of benzene rings is 1. The number of anilines is 1. The second kappa shape index (κ2) is 6.73. The summed E-state index contributed by atoms with van der Waals surface area (Å²) < 4.78 is 1.77. The van der Waals surface area contributed by atoms with Gasteiger partial charge in [-0.2, -0.15) is 5.10 Å². The van der Waals surface area contributed by atoms with Crippen LogP contribution in [-0.4, -0.2) is 32.8 Å². The van der Waals surface area contributed by atoms with Crippen molar-refractivity contribution < 1.29 is 4.79 Å². The van der Waals surface area contributed by atoms with Crippen LogP contribution in [0, 0.1) is 5.92 Å². The minimum absolute atomic E-state index is 0.0583. The predicted molar refractivity (Wildman–Crippen MR) is 91.5 cm³/mol. The Morgan fingerprint density at radius 3 is 3.08 bits per heavy atom. The summed E-state index contributed by atoms with van der Waals surface area (Å²) in [5.41, 5.74) is 1.93. The number of rotatable bonds is 4. The molecule has 1 saturated carbocycles. The van der Waals surface area contributed by atoms with Crippen LogP contribution in [0.25, 0.3) is 0 Å². The molecule has 2 N–H and O–H groups in total. The molecule has 1 amide bonds. The molecule has 1 saturated heterocycles. The van der Waals surface area contributed by atoms with Crippen molar-refractivity contribution in [2.45, 2.75) is 50.7 Å². The van der Waals surface area contributed by atoms with E-state index in [2.05, 4.69) is 20.7 Å². The molecule has 0 bridgehead atoms. The largest absolute Gasteiger partial charge is 0.325 e. The second-order valence-electron chi connectivity index (χ2n) is 6.89. The van der Waals surface area contributed by atoms with Crippen LogP contribution in [0.1, 0.15) is 37.7 Å². The van der Waals surface area contributed by atoms with E-state index in [4.69, 9.17) is 0 Å². The van der Waals surface area contributed by atoms with Crippen molar-refractivity contribution in [3.05, 3.63) is 42.5 Å². The number of fused-ring (bicyclic) bond motifs is 1. The zero-order chi connectivity index (χ0) is 16.4. The number of nitrogens with one attached hydrogen (secondary N) is 2. The third kappa shape index (κ3) is 3.33. The Labute approximate surface area is 141 Å². The van der Waals surface area contributed by atoms with Crippen LogP contribution in [0.5, 0.6) is 0 Å². The molecule has 0 radical (unpaired) electrons. The SMILES string of the molecule is O=C(Nc1cccc(Cn2cncn2)c1)C1CC2CCCCC2N1. The van der Waals surface area contributed by atoms with Crippen LogP contribution < -0.4 is 10.6 Å². The van der Waals surface area contributed by atoms with E-state index >= 15 is 0 Å². The van der Waals surface area contributed by atoms with E-state index in [-0.39, 0.29) is 11.9 Å². The molecule has 1 aromatic carbocycles. The molecule has 6 heteroatoms. The van der Waals surface area contributed by atoms with E-state index in [1.165, 1.54) is 32.0 Å². The smallest absolute Gasteiger partial charge is 0.241 e. The summed E-state index contributed by atoms with van der Waals surface area (Å²) in [7, 11) is 0. The maximum absolute atomic E-state index is 12.6. The standard InChI is InChI=1S/C18H23N5O/c24-18(17-9-14-5-1-2-7-16(14)22-17)21-15-6-3-4-13(8-15)10-23-12-19-11-20-23/h3-4,6,8,11-12,14,16-17,22H,1-2,5,7,9-10H2,(H,21,24). The van der Waals surface area contributed by atoms with Gasteiger partial charge in [0.25, 0.3) is 0 Å². The summed E-state index contributed by atoms with van der Waals surface area (Å²) in [5, 5.41) is 10.7. The molecular formula is C18H23N5O. The van der Waals surface area contributed by atoms with Gasteiger partial charge in [-0.05, 0) is 42.9 Å². The summed E-state index contributed by atoms with van der Waals surface area (Å²) >= 11 is 0. The molecular weight excluding hydrogens is 302 g/mol. The molecule has 2 fully saturated rings. The van der Waals surface area contributed by atoms with E-state index in [9.17, 15) is 4.79 Å². The van der Waals surface area contributed by atoms with Gasteiger partial charge in [-0.3, -0.25) is 4.79 Å². The molecule has 3 unspecified atom stereocenters. The number of carbonyl (C=O) groups excluding carboxylic acids is 1. The molecule has 3 atom stereocenters. The first-order valence-corrected chi connectivity index (χ1v) is 8.76. The predicted octanol–water partition coefficient (Wildman–Crippen LogP) is 2.19. The topological polar surface area (TPSA) is 71.8 Å². The van der Waals surface area contributed by atoms with Crippen LogP contribution in [0.2, 0.25) is 0 Å². The second-order valence-corrected chi connectivity index (χ2v) is 6.89. The maximum Gasteiger partial charge on any atom is 0.241 e.